The van der Waals surface area contributed by atoms with Crippen LogP contribution in [0.5, 0.6) is 0 Å². The number of alkyl halides is 8. The Balaban J connectivity index is 4.19. The van der Waals surface area contributed by atoms with Crippen LogP contribution in [-0.2, 0) is 71.1 Å². The highest BCUT2D eigenvalue weighted by atomic mass is 28.4. The average molecular weight is 1280 g/mol. The number of halogens is 8. The van der Waals surface area contributed by atoms with Crippen LogP contribution in [0.15, 0.2) is 36.4 Å². The molecule has 1 aromatic rings. The lowest BCUT2D eigenvalue weighted by molar-refractivity contribution is -0.207. The first-order valence-corrected chi connectivity index (χ1v) is 36.5. The molecular weight excluding hydrogens is 1180 g/mol. The van der Waals surface area contributed by atoms with Crippen molar-refractivity contribution < 1.29 is 106 Å². The van der Waals surface area contributed by atoms with Crippen molar-refractivity contribution in [2.75, 3.05) is 53.4 Å². The van der Waals surface area contributed by atoms with Gasteiger partial charge in [-0.05, 0) is 109 Å². The lowest BCUT2D eigenvalue weighted by Gasteiger charge is -2.37. The SMILES string of the molecule is CCCCOC(=O)C(C)(CC(CC(CCC)C(=O)OCCC[Si](C)(C)C)C(=O)OCCC(F)(F)C(C)(F)F)CC(CC(C)(CC(CC)C(=O)OCCC[Si](C)(C)OC)C(=O)OCCOC(=O)/C=C/c1ccccc1)C(=O)OCCC(F)(F)C(C)(F)F. The lowest BCUT2D eigenvalue weighted by atomic mass is 9.67. The molecule has 0 heterocycles. The number of hydrogen-bond donors (Lipinski definition) is 0. The van der Waals surface area contributed by atoms with Gasteiger partial charge in [-0.3, -0.25) is 28.8 Å². The molecule has 86 heavy (non-hydrogen) atoms. The molecule has 1 aromatic carbocycles. The van der Waals surface area contributed by atoms with E-state index in [9.17, 15) is 68.7 Å². The minimum Gasteiger partial charge on any atom is -0.465 e. The quantitative estimate of drug-likeness (QED) is 0.0149. The molecule has 0 aromatic heterocycles. The molecule has 0 aliphatic heterocycles. The van der Waals surface area contributed by atoms with Crippen molar-refractivity contribution in [2.45, 2.75) is 207 Å². The summed E-state index contributed by atoms with van der Waals surface area (Å²) in [6, 6.07) is 10.1. The van der Waals surface area contributed by atoms with Gasteiger partial charge in [0.25, 0.3) is 0 Å². The monoisotopic (exact) mass is 1280 g/mol. The van der Waals surface area contributed by atoms with Crippen LogP contribution in [0.4, 0.5) is 35.1 Å². The van der Waals surface area contributed by atoms with Crippen molar-refractivity contribution in [2.24, 2.45) is 34.5 Å². The van der Waals surface area contributed by atoms with E-state index < -0.39 is 188 Å². The van der Waals surface area contributed by atoms with Crippen molar-refractivity contribution in [3.63, 3.8) is 0 Å². The first-order valence-electron chi connectivity index (χ1n) is 29.7. The highest BCUT2D eigenvalue weighted by molar-refractivity contribution is 6.76. The standard InChI is InChI=1S/C61H96F8O15Si2/c1-14-17-30-83-54(75)57(5,41-47(52(73)81-33-28-60(66,67)58(6,62)63)39-46(23-15-2)51(72)80-31-21-37-85(9,10)11)43-48(53(74)82-34-29-61(68,69)59(7,64)65)42-56(4,40-45(16-3)50(71)79-32-22-38-86(12,13)77-8)55(76)84-36-35-78-49(70)27-26-44-24-19-18-20-25-44/h18-20,24-27,45-48H,14-17,21-23,28-43H2,1-13H3/b27-26+. The van der Waals surface area contributed by atoms with E-state index in [1.807, 2.05) is 13.1 Å². The summed E-state index contributed by atoms with van der Waals surface area (Å²) in [4.78, 5) is 98.9. The summed E-state index contributed by atoms with van der Waals surface area (Å²) in [5, 5.41) is 0. The zero-order valence-electron chi connectivity index (χ0n) is 52.8. The maximum absolute atomic E-state index is 14.8. The molecule has 15 nitrogen and oxygen atoms in total. The topological polar surface area (TPSA) is 193 Å². The predicted molar refractivity (Wildman–Crippen MR) is 313 cm³/mol. The first-order chi connectivity index (χ1) is 39.7. The fourth-order valence-electron chi connectivity index (χ4n) is 9.32. The zero-order chi connectivity index (χ0) is 65.8. The van der Waals surface area contributed by atoms with Gasteiger partial charge in [-0.1, -0.05) is 89.6 Å². The third kappa shape index (κ3) is 29.4. The Morgan fingerprint density at radius 2 is 0.919 bits per heavy atom. The van der Waals surface area contributed by atoms with Gasteiger partial charge in [-0.15, -0.1) is 0 Å². The van der Waals surface area contributed by atoms with Crippen LogP contribution in [0.3, 0.4) is 0 Å². The number of rotatable bonds is 44. The molecule has 0 bridgehead atoms. The van der Waals surface area contributed by atoms with Crippen molar-refractivity contribution in [3.8, 4) is 0 Å². The van der Waals surface area contributed by atoms with E-state index in [4.69, 9.17) is 37.6 Å². The predicted octanol–water partition coefficient (Wildman–Crippen LogP) is 14.3. The average Bonchev–Trinajstić information content (AvgIpc) is 1.40. The second-order valence-electron chi connectivity index (χ2n) is 24.8. The minimum absolute atomic E-state index is 0.00896. The smallest absolute Gasteiger partial charge is 0.330 e. The Morgan fingerprint density at radius 3 is 1.38 bits per heavy atom. The van der Waals surface area contributed by atoms with Crippen molar-refractivity contribution in [1.82, 2.24) is 0 Å². The van der Waals surface area contributed by atoms with Gasteiger partial charge in [0.1, 0.15) is 13.2 Å². The van der Waals surface area contributed by atoms with Gasteiger partial charge in [0.05, 0.1) is 80.4 Å². The van der Waals surface area contributed by atoms with Gasteiger partial charge in [0.15, 0.2) is 8.32 Å². The summed E-state index contributed by atoms with van der Waals surface area (Å²) in [5.74, 6) is -31.4. The molecule has 0 aliphatic rings. The number of esters is 7. The maximum Gasteiger partial charge on any atom is 0.330 e. The number of benzene rings is 1. The second-order valence-corrected chi connectivity index (χ2v) is 34.8. The molecule has 494 valence electrons. The summed E-state index contributed by atoms with van der Waals surface area (Å²) >= 11 is 0. The van der Waals surface area contributed by atoms with Crippen LogP contribution in [-0.4, -0.2) is 135 Å². The summed E-state index contributed by atoms with van der Waals surface area (Å²) < 4.78 is 159. The van der Waals surface area contributed by atoms with Crippen molar-refractivity contribution in [1.29, 1.82) is 0 Å². The minimum atomic E-state index is -4.70. The maximum atomic E-state index is 14.8. The van der Waals surface area contributed by atoms with Crippen molar-refractivity contribution in [3.05, 3.63) is 42.0 Å². The molecule has 1 rings (SSSR count). The van der Waals surface area contributed by atoms with Crippen LogP contribution in [0, 0.1) is 34.5 Å². The molecule has 25 heteroatoms. The molecule has 0 aliphatic carbocycles. The third-order valence-electron chi connectivity index (χ3n) is 14.9. The summed E-state index contributed by atoms with van der Waals surface area (Å²) in [6.45, 7) is 14.0. The summed E-state index contributed by atoms with van der Waals surface area (Å²) in [6.07, 6.45) is -1.76. The normalized spacial score (nSPS) is 15.5. The van der Waals surface area contributed by atoms with Gasteiger partial charge in [-0.25, -0.2) is 22.4 Å². The van der Waals surface area contributed by atoms with Crippen LogP contribution in [0.1, 0.15) is 144 Å². The van der Waals surface area contributed by atoms with E-state index in [-0.39, 0.29) is 52.9 Å². The number of hydrogen-bond acceptors (Lipinski definition) is 15. The number of ether oxygens (including phenoxy) is 7. The van der Waals surface area contributed by atoms with Gasteiger partial charge >= 0.3 is 65.5 Å². The Labute approximate surface area is 505 Å². The molecule has 0 spiro atoms. The molecule has 6 atom stereocenters. The van der Waals surface area contributed by atoms with Gasteiger partial charge in [0, 0.05) is 35.1 Å². The molecule has 6 unspecified atom stereocenters. The van der Waals surface area contributed by atoms with Gasteiger partial charge < -0.3 is 37.6 Å². The van der Waals surface area contributed by atoms with Crippen LogP contribution in [0.2, 0.25) is 44.8 Å². The van der Waals surface area contributed by atoms with Crippen LogP contribution < -0.4 is 0 Å². The largest absolute Gasteiger partial charge is 0.465 e. The fourth-order valence-corrected chi connectivity index (χ4v) is 11.7. The molecule has 0 fully saturated rings. The van der Waals surface area contributed by atoms with E-state index in [0.717, 1.165) is 12.1 Å². The van der Waals surface area contributed by atoms with Crippen molar-refractivity contribution >= 4 is 64.3 Å². The molecule has 0 saturated heterocycles. The highest BCUT2D eigenvalue weighted by Crippen LogP contribution is 2.45. The Kier molecular flexibility index (Phi) is 33.6. The Bertz CT molecular complexity index is 2290. The molecule has 0 saturated carbocycles. The van der Waals surface area contributed by atoms with E-state index in [1.165, 1.54) is 19.9 Å². The van der Waals surface area contributed by atoms with E-state index in [2.05, 4.69) is 19.6 Å². The van der Waals surface area contributed by atoms with E-state index in [0.29, 0.717) is 37.3 Å². The Hall–Kier alpha value is -4.92. The number of carbonyl (C=O) groups is 7. The van der Waals surface area contributed by atoms with Gasteiger partial charge in [-0.2, -0.15) is 17.6 Å². The Morgan fingerprint density at radius 1 is 0.500 bits per heavy atom. The summed E-state index contributed by atoms with van der Waals surface area (Å²) in [7, 11) is -2.08. The zero-order valence-corrected chi connectivity index (χ0v) is 54.8. The lowest BCUT2D eigenvalue weighted by Crippen LogP contribution is -2.43. The number of carbonyl (C=O) groups excluding carboxylic acids is 7. The second kappa shape index (κ2) is 36.5. The van der Waals surface area contributed by atoms with Crippen LogP contribution >= 0.6 is 0 Å². The fraction of sp³-hybridized carbons (Fsp3) is 0.754. The molecule has 0 radical (unpaired) electrons. The molecule has 0 N–H and O–H groups in total. The third-order valence-corrected chi connectivity index (χ3v) is 19.5. The van der Waals surface area contributed by atoms with E-state index >= 15 is 0 Å². The van der Waals surface area contributed by atoms with E-state index in [1.54, 1.807) is 58.2 Å². The molecule has 0 amide bonds. The summed E-state index contributed by atoms with van der Waals surface area (Å²) in [5.41, 5.74) is -3.50. The molecular formula is C61H96F8O15Si2. The highest BCUT2D eigenvalue weighted by Gasteiger charge is 2.54. The first kappa shape index (κ1) is 79.1. The number of unbranched alkanes of at least 4 members (excludes halogenated alkanes) is 1. The van der Waals surface area contributed by atoms with Crippen LogP contribution in [0.25, 0.3) is 6.08 Å². The van der Waals surface area contributed by atoms with Gasteiger partial charge in [0.2, 0.25) is 0 Å².